The lowest BCUT2D eigenvalue weighted by molar-refractivity contribution is 0.201. The van der Waals surface area contributed by atoms with Gasteiger partial charge in [0.15, 0.2) is 0 Å². The molecule has 2 aromatic heterocycles. The normalized spacial score (nSPS) is 12.3. The van der Waals surface area contributed by atoms with Crippen molar-refractivity contribution >= 4 is 27.5 Å². The van der Waals surface area contributed by atoms with Gasteiger partial charge in [-0.15, -0.1) is 21.5 Å². The largest absolute Gasteiger partial charge is 0.464 e. The van der Waals surface area contributed by atoms with Crippen LogP contribution >= 0.6 is 11.3 Å². The van der Waals surface area contributed by atoms with Gasteiger partial charge in [-0.25, -0.2) is 17.9 Å². The molecule has 0 spiro atoms. The highest BCUT2D eigenvalue weighted by Gasteiger charge is 2.26. The minimum Gasteiger partial charge on any atom is -0.464 e. The number of sulfonamides is 1. The van der Waals surface area contributed by atoms with E-state index < -0.39 is 16.1 Å². The van der Waals surface area contributed by atoms with Gasteiger partial charge in [-0.05, 0) is 29.5 Å². The summed E-state index contributed by atoms with van der Waals surface area (Å²) in [5, 5.41) is 17.2. The predicted octanol–water partition coefficient (Wildman–Crippen LogP) is 4.51. The zero-order chi connectivity index (χ0) is 23.7. The van der Waals surface area contributed by atoms with Crippen LogP contribution in [0.1, 0.15) is 50.9 Å². The third-order valence-electron chi connectivity index (χ3n) is 4.73. The van der Waals surface area contributed by atoms with Gasteiger partial charge in [-0.3, -0.25) is 0 Å². The molecule has 32 heavy (non-hydrogen) atoms. The van der Waals surface area contributed by atoms with Crippen molar-refractivity contribution in [2.45, 2.75) is 57.2 Å². The Morgan fingerprint density at radius 1 is 1.22 bits per heavy atom. The minimum atomic E-state index is -4.18. The smallest absolute Gasteiger partial charge is 0.418 e. The van der Waals surface area contributed by atoms with E-state index in [0.717, 1.165) is 27.6 Å². The van der Waals surface area contributed by atoms with Crippen LogP contribution in [0.5, 0.6) is 0 Å². The van der Waals surface area contributed by atoms with Crippen LogP contribution in [0.15, 0.2) is 40.9 Å². The number of nitrogens with zero attached hydrogens (tertiary/aromatic N) is 3. The van der Waals surface area contributed by atoms with Gasteiger partial charge >= 0.3 is 6.09 Å². The number of thiophene rings is 1. The standard InChI is InChI=1S/C22H28N4O4S2/c1-14(2)10-17-11-18(19(31-17)32(29,30)25-21(27)28)16-8-6-15(7-9-16)12-26-13-23-24-20(26)22(3,4)5/h6-9,11,13-14,25H,10,12H2,1-5H3,(H,27,28). The Morgan fingerprint density at radius 3 is 2.44 bits per heavy atom. The maximum atomic E-state index is 12.6. The van der Waals surface area contributed by atoms with Crippen LogP contribution in [0.4, 0.5) is 4.79 Å². The summed E-state index contributed by atoms with van der Waals surface area (Å²) in [4.78, 5) is 11.9. The van der Waals surface area contributed by atoms with E-state index in [4.69, 9.17) is 5.11 Å². The molecule has 0 unspecified atom stereocenters. The molecule has 1 aromatic carbocycles. The van der Waals surface area contributed by atoms with E-state index in [1.54, 1.807) is 11.0 Å². The van der Waals surface area contributed by atoms with Crippen LogP contribution < -0.4 is 4.72 Å². The summed E-state index contributed by atoms with van der Waals surface area (Å²) < 4.78 is 29.0. The van der Waals surface area contributed by atoms with Crippen molar-refractivity contribution in [2.75, 3.05) is 0 Å². The van der Waals surface area contributed by atoms with Crippen LogP contribution in [-0.4, -0.2) is 34.4 Å². The monoisotopic (exact) mass is 476 g/mol. The number of amides is 1. The molecule has 0 radical (unpaired) electrons. The van der Waals surface area contributed by atoms with Crippen LogP contribution in [-0.2, 0) is 28.4 Å². The molecule has 3 rings (SSSR count). The maximum absolute atomic E-state index is 12.6. The van der Waals surface area contributed by atoms with Crippen molar-refractivity contribution < 1.29 is 18.3 Å². The Hall–Kier alpha value is -2.72. The molecular weight excluding hydrogens is 448 g/mol. The van der Waals surface area contributed by atoms with Crippen LogP contribution in [0.3, 0.4) is 0 Å². The van der Waals surface area contributed by atoms with Crippen molar-refractivity contribution in [3.8, 4) is 11.1 Å². The number of hydrogen-bond donors (Lipinski definition) is 2. The number of carbonyl (C=O) groups is 1. The van der Waals surface area contributed by atoms with E-state index in [9.17, 15) is 13.2 Å². The number of aromatic nitrogens is 3. The number of nitrogens with one attached hydrogen (secondary N) is 1. The molecule has 10 heteroatoms. The Morgan fingerprint density at radius 2 is 1.88 bits per heavy atom. The van der Waals surface area contributed by atoms with Crippen LogP contribution in [0, 0.1) is 5.92 Å². The molecule has 0 aliphatic carbocycles. The van der Waals surface area contributed by atoms with Gasteiger partial charge in [0.05, 0.1) is 6.54 Å². The van der Waals surface area contributed by atoms with E-state index in [1.165, 1.54) is 0 Å². The first kappa shape index (κ1) is 23.9. The topological polar surface area (TPSA) is 114 Å². The molecule has 8 nitrogen and oxygen atoms in total. The highest BCUT2D eigenvalue weighted by atomic mass is 32.2. The number of rotatable bonds is 7. The van der Waals surface area contributed by atoms with E-state index in [0.29, 0.717) is 30.0 Å². The number of carboxylic acid groups (broad SMARTS) is 1. The van der Waals surface area contributed by atoms with Gasteiger partial charge in [0.1, 0.15) is 16.4 Å². The summed E-state index contributed by atoms with van der Waals surface area (Å²) in [5.74, 6) is 1.22. The van der Waals surface area contributed by atoms with Crippen molar-refractivity contribution in [1.82, 2.24) is 19.5 Å². The fraction of sp³-hybridized carbons (Fsp3) is 0.409. The Balaban J connectivity index is 1.95. The lowest BCUT2D eigenvalue weighted by Crippen LogP contribution is -2.28. The molecule has 0 aliphatic rings. The predicted molar refractivity (Wildman–Crippen MR) is 124 cm³/mol. The second kappa shape index (κ2) is 9.03. The van der Waals surface area contributed by atoms with Gasteiger partial charge in [0, 0.05) is 15.9 Å². The van der Waals surface area contributed by atoms with Gasteiger partial charge in [0.25, 0.3) is 10.0 Å². The Bertz CT molecular complexity index is 1200. The van der Waals surface area contributed by atoms with Crippen LogP contribution in [0.25, 0.3) is 11.1 Å². The Kier molecular flexibility index (Phi) is 6.75. The quantitative estimate of drug-likeness (QED) is 0.519. The summed E-state index contributed by atoms with van der Waals surface area (Å²) in [5.41, 5.74) is 2.10. The lowest BCUT2D eigenvalue weighted by atomic mass is 9.95. The summed E-state index contributed by atoms with van der Waals surface area (Å²) in [6.45, 7) is 10.9. The van der Waals surface area contributed by atoms with Gasteiger partial charge in [0.2, 0.25) is 0 Å². The zero-order valence-corrected chi connectivity index (χ0v) is 20.4. The second-order valence-corrected chi connectivity index (χ2v) is 12.2. The highest BCUT2D eigenvalue weighted by Crippen LogP contribution is 2.36. The molecule has 0 bridgehead atoms. The van der Waals surface area contributed by atoms with Crippen LogP contribution in [0.2, 0.25) is 0 Å². The van der Waals surface area contributed by atoms with Crippen molar-refractivity contribution in [2.24, 2.45) is 5.92 Å². The number of hydrogen-bond acceptors (Lipinski definition) is 6. The first-order valence-corrected chi connectivity index (χ1v) is 12.5. The third-order valence-corrected chi connectivity index (χ3v) is 7.74. The molecule has 3 aromatic rings. The lowest BCUT2D eigenvalue weighted by Gasteiger charge is -2.18. The molecular formula is C22H28N4O4S2. The van der Waals surface area contributed by atoms with E-state index >= 15 is 0 Å². The zero-order valence-electron chi connectivity index (χ0n) is 18.8. The molecule has 0 saturated carbocycles. The maximum Gasteiger partial charge on any atom is 0.418 e. The molecule has 0 fully saturated rings. The van der Waals surface area contributed by atoms with E-state index in [1.807, 2.05) is 34.9 Å². The average Bonchev–Trinajstić information content (AvgIpc) is 3.28. The summed E-state index contributed by atoms with van der Waals surface area (Å²) in [7, 11) is -4.18. The fourth-order valence-corrected chi connectivity index (χ4v) is 6.22. The molecule has 0 aliphatic heterocycles. The first-order valence-electron chi connectivity index (χ1n) is 10.2. The molecule has 0 saturated heterocycles. The summed E-state index contributed by atoms with van der Waals surface area (Å²) in [6, 6.07) is 9.42. The molecule has 2 N–H and O–H groups in total. The average molecular weight is 477 g/mol. The highest BCUT2D eigenvalue weighted by molar-refractivity contribution is 7.92. The van der Waals surface area contributed by atoms with Crippen molar-refractivity contribution in [3.63, 3.8) is 0 Å². The summed E-state index contributed by atoms with van der Waals surface area (Å²) in [6.07, 6.45) is 0.809. The molecule has 172 valence electrons. The minimum absolute atomic E-state index is 0.0112. The molecule has 1 amide bonds. The molecule has 0 atom stereocenters. The van der Waals surface area contributed by atoms with Gasteiger partial charge in [-0.1, -0.05) is 58.9 Å². The molecule has 2 heterocycles. The SMILES string of the molecule is CC(C)Cc1cc(-c2ccc(Cn3cnnc3C(C)(C)C)cc2)c(S(=O)(=O)NC(=O)O)s1. The Labute approximate surface area is 192 Å². The summed E-state index contributed by atoms with van der Waals surface area (Å²) >= 11 is 1.11. The van der Waals surface area contributed by atoms with Gasteiger partial charge in [-0.2, -0.15) is 0 Å². The van der Waals surface area contributed by atoms with E-state index in [-0.39, 0.29) is 9.62 Å². The number of benzene rings is 1. The van der Waals surface area contributed by atoms with Crippen molar-refractivity contribution in [3.05, 3.63) is 52.9 Å². The van der Waals surface area contributed by atoms with Gasteiger partial charge < -0.3 is 9.67 Å². The first-order chi connectivity index (χ1) is 14.9. The second-order valence-electron chi connectivity index (χ2n) is 9.15. The van der Waals surface area contributed by atoms with Crippen molar-refractivity contribution in [1.29, 1.82) is 0 Å². The van der Waals surface area contributed by atoms with E-state index in [2.05, 4.69) is 44.8 Å². The third kappa shape index (κ3) is 5.55. The fourth-order valence-electron chi connectivity index (χ4n) is 3.43.